The molecule has 1 aliphatic heterocycles. The van der Waals surface area contributed by atoms with E-state index in [1.807, 2.05) is 22.6 Å². The molecule has 1 aromatic carbocycles. The lowest BCUT2D eigenvalue weighted by Gasteiger charge is -2.20. The number of rotatable bonds is 1. The zero-order valence-corrected chi connectivity index (χ0v) is 13.1. The average Bonchev–Trinajstić information content (AvgIpc) is 3.15. The maximum Gasteiger partial charge on any atom is 0.239 e. The number of hydrogen-bond donors (Lipinski definition) is 0. The predicted molar refractivity (Wildman–Crippen MR) is 81.6 cm³/mol. The van der Waals surface area contributed by atoms with E-state index in [4.69, 9.17) is 4.11 Å². The van der Waals surface area contributed by atoms with Crippen molar-refractivity contribution >= 4 is 44.0 Å². The van der Waals surface area contributed by atoms with E-state index in [-0.39, 0.29) is 16.7 Å². The molecule has 3 atom stereocenters. The van der Waals surface area contributed by atoms with Crippen molar-refractivity contribution in [1.82, 2.24) is 0 Å². The summed E-state index contributed by atoms with van der Waals surface area (Å²) >= 11 is 1.99. The van der Waals surface area contributed by atoms with E-state index < -0.39 is 26.6 Å². The van der Waals surface area contributed by atoms with Crippen molar-refractivity contribution in [1.29, 1.82) is 0 Å². The highest BCUT2D eigenvalue weighted by molar-refractivity contribution is 14.1. The minimum Gasteiger partial charge on any atom is -0.314 e. The summed E-state index contributed by atoms with van der Waals surface area (Å²) < 4.78 is 46.0. The summed E-state index contributed by atoms with van der Waals surface area (Å²) in [7, 11) is -3.38. The number of carbonyl (C=O) groups is 1. The van der Waals surface area contributed by atoms with Crippen LogP contribution in [0.3, 0.4) is 0 Å². The van der Waals surface area contributed by atoms with Gasteiger partial charge in [0, 0.05) is 23.0 Å². The Labute approximate surface area is 130 Å². The predicted octanol–water partition coefficient (Wildman–Crippen LogP) is 1.97. The van der Waals surface area contributed by atoms with Crippen LogP contribution in [0.15, 0.2) is 23.1 Å². The first-order chi connectivity index (χ1) is 10.0. The van der Waals surface area contributed by atoms with E-state index in [2.05, 4.69) is 0 Å². The number of sulfone groups is 1. The number of nitrogens with zero attached hydrogens (tertiary/aromatic N) is 1. The van der Waals surface area contributed by atoms with Crippen LogP contribution in [0, 0.1) is 5.92 Å². The summed E-state index contributed by atoms with van der Waals surface area (Å²) in [5.41, 5.74) is 0.959. The fourth-order valence-corrected chi connectivity index (χ4v) is 4.31. The number of alkyl halides is 1. The lowest BCUT2D eigenvalue weighted by atomic mass is 10.1. The van der Waals surface area contributed by atoms with Gasteiger partial charge in [0.2, 0.25) is 5.91 Å². The molecule has 1 amide bonds. The molecule has 0 N–H and O–H groups in total. The van der Waals surface area contributed by atoms with Crippen LogP contribution in [0.2, 0.25) is 0 Å². The molecular formula is C13H14INO3S. The quantitative estimate of drug-likeness (QED) is 0.541. The molecule has 4 nitrogen and oxygen atoms in total. The lowest BCUT2D eigenvalue weighted by Crippen LogP contribution is -2.33. The molecule has 1 heterocycles. The molecule has 6 heteroatoms. The van der Waals surface area contributed by atoms with Crippen LogP contribution in [0.5, 0.6) is 0 Å². The fourth-order valence-electron chi connectivity index (χ4n) is 2.58. The van der Waals surface area contributed by atoms with Gasteiger partial charge in [0.15, 0.2) is 9.84 Å². The fraction of sp³-hybridized carbons (Fsp3) is 0.462. The van der Waals surface area contributed by atoms with Gasteiger partial charge in [-0.2, -0.15) is 0 Å². The summed E-state index contributed by atoms with van der Waals surface area (Å²) in [6, 6.07) is 4.33. The summed E-state index contributed by atoms with van der Waals surface area (Å²) in [6.07, 6.45) is 1.90. The Morgan fingerprint density at radius 2 is 2.21 bits per heavy atom. The molecule has 102 valence electrons. The van der Waals surface area contributed by atoms with Crippen LogP contribution in [0.25, 0.3) is 0 Å². The van der Waals surface area contributed by atoms with E-state index in [1.165, 1.54) is 18.2 Å². The standard InChI is InChI=1S/C13H14INO3S/c1-15-11-4-3-7(19(2,17)18)5-9(11)8-6-10(8)12(14)13(15)16/h3-5,8,10,12H,6H2,1-2H3/t8-,10-,12+/m0/s1/i1D3. The smallest absolute Gasteiger partial charge is 0.239 e. The normalized spacial score (nSPS) is 32.5. The number of carbonyl (C=O) groups excluding carboxylic acids is 1. The lowest BCUT2D eigenvalue weighted by molar-refractivity contribution is -0.117. The molecule has 3 rings (SSSR count). The molecule has 0 aromatic heterocycles. The number of amides is 1. The molecule has 1 fully saturated rings. The zero-order chi connectivity index (χ0) is 16.4. The molecular weight excluding hydrogens is 377 g/mol. The Morgan fingerprint density at radius 1 is 1.47 bits per heavy atom. The molecule has 1 aromatic rings. The Morgan fingerprint density at radius 3 is 2.84 bits per heavy atom. The van der Waals surface area contributed by atoms with Crippen molar-refractivity contribution in [2.75, 3.05) is 18.1 Å². The van der Waals surface area contributed by atoms with E-state index in [0.29, 0.717) is 11.3 Å². The Kier molecular flexibility index (Phi) is 2.23. The second-order valence-corrected chi connectivity index (χ2v) is 8.43. The average molecular weight is 394 g/mol. The highest BCUT2D eigenvalue weighted by Gasteiger charge is 2.50. The summed E-state index contributed by atoms with van der Waals surface area (Å²) in [5.74, 6) is -0.303. The molecule has 1 saturated carbocycles. The topological polar surface area (TPSA) is 54.5 Å². The van der Waals surface area contributed by atoms with Crippen LogP contribution in [0.1, 0.15) is 22.0 Å². The maximum atomic E-state index is 12.5. The number of hydrogen-bond acceptors (Lipinski definition) is 3. The van der Waals surface area contributed by atoms with Crippen LogP contribution >= 0.6 is 22.6 Å². The number of anilines is 1. The first-order valence-electron chi connectivity index (χ1n) is 7.34. The molecule has 0 spiro atoms. The maximum absolute atomic E-state index is 12.5. The molecule has 0 saturated heterocycles. The van der Waals surface area contributed by atoms with Crippen LogP contribution in [-0.4, -0.2) is 31.5 Å². The van der Waals surface area contributed by atoms with E-state index in [0.717, 1.165) is 17.6 Å². The minimum atomic E-state index is -3.38. The van der Waals surface area contributed by atoms with Crippen molar-refractivity contribution in [2.24, 2.45) is 5.92 Å². The Bertz CT molecular complexity index is 762. The number of halogens is 1. The largest absolute Gasteiger partial charge is 0.314 e. The Hall–Kier alpha value is -0.630. The van der Waals surface area contributed by atoms with E-state index in [9.17, 15) is 13.2 Å². The van der Waals surface area contributed by atoms with Gasteiger partial charge in [-0.05, 0) is 42.0 Å². The van der Waals surface area contributed by atoms with Crippen LogP contribution in [-0.2, 0) is 14.6 Å². The number of fused-ring (bicyclic) bond motifs is 3. The van der Waals surface area contributed by atoms with Gasteiger partial charge in [-0.1, -0.05) is 22.6 Å². The van der Waals surface area contributed by atoms with E-state index >= 15 is 0 Å². The van der Waals surface area contributed by atoms with Gasteiger partial charge in [-0.25, -0.2) is 8.42 Å². The molecule has 19 heavy (non-hydrogen) atoms. The summed E-state index contributed by atoms with van der Waals surface area (Å²) in [5, 5.41) is 0. The van der Waals surface area contributed by atoms with Crippen LogP contribution < -0.4 is 4.90 Å². The monoisotopic (exact) mass is 394 g/mol. The molecule has 0 bridgehead atoms. The molecule has 1 aliphatic carbocycles. The number of benzene rings is 1. The first-order valence-corrected chi connectivity index (χ1v) is 8.97. The van der Waals surface area contributed by atoms with Gasteiger partial charge in [-0.3, -0.25) is 4.79 Å². The third kappa shape index (κ3) is 2.08. The molecule has 0 radical (unpaired) electrons. The third-order valence-corrected chi connectivity index (χ3v) is 6.31. The van der Waals surface area contributed by atoms with Crippen molar-refractivity contribution in [3.05, 3.63) is 23.8 Å². The second kappa shape index (κ2) is 4.18. The van der Waals surface area contributed by atoms with Gasteiger partial charge in [0.1, 0.15) is 0 Å². The van der Waals surface area contributed by atoms with Crippen molar-refractivity contribution < 1.29 is 17.3 Å². The summed E-state index contributed by atoms with van der Waals surface area (Å²) in [6.45, 7) is -2.58. The zero-order valence-electron chi connectivity index (χ0n) is 13.1. The summed E-state index contributed by atoms with van der Waals surface area (Å²) in [4.78, 5) is 13.5. The molecule has 2 aliphatic rings. The molecule has 0 unspecified atom stereocenters. The first kappa shape index (κ1) is 10.1. The van der Waals surface area contributed by atoms with Gasteiger partial charge in [-0.15, -0.1) is 0 Å². The van der Waals surface area contributed by atoms with Crippen molar-refractivity contribution in [2.45, 2.75) is 21.2 Å². The second-order valence-electron chi connectivity index (χ2n) is 5.07. The highest BCUT2D eigenvalue weighted by Crippen LogP contribution is 2.56. The van der Waals surface area contributed by atoms with Gasteiger partial charge < -0.3 is 4.90 Å². The van der Waals surface area contributed by atoms with Gasteiger partial charge in [0.05, 0.1) is 8.82 Å². The van der Waals surface area contributed by atoms with Crippen LogP contribution in [0.4, 0.5) is 5.69 Å². The van der Waals surface area contributed by atoms with E-state index in [1.54, 1.807) is 0 Å². The highest BCUT2D eigenvalue weighted by atomic mass is 127. The minimum absolute atomic E-state index is 0.0508. The third-order valence-electron chi connectivity index (χ3n) is 3.74. The van der Waals surface area contributed by atoms with Gasteiger partial charge in [0.25, 0.3) is 0 Å². The SMILES string of the molecule is [2H]C([2H])([2H])N1C(=O)[C@H](I)[C@H]2C[C@H]2c2cc(S(C)(=O)=O)ccc21. The Balaban J connectivity index is 2.22. The van der Waals surface area contributed by atoms with Gasteiger partial charge >= 0.3 is 0 Å². The van der Waals surface area contributed by atoms with Crippen molar-refractivity contribution in [3.63, 3.8) is 0 Å². The van der Waals surface area contributed by atoms with Crippen molar-refractivity contribution in [3.8, 4) is 0 Å².